The van der Waals surface area contributed by atoms with E-state index in [9.17, 15) is 8.78 Å². The van der Waals surface area contributed by atoms with Gasteiger partial charge in [-0.25, -0.2) is 23.7 Å². The minimum absolute atomic E-state index is 0.370. The van der Waals surface area contributed by atoms with E-state index in [1.165, 1.54) is 24.3 Å². The summed E-state index contributed by atoms with van der Waals surface area (Å²) in [6.45, 7) is 0. The number of aromatic nitrogens is 3. The molecule has 0 saturated heterocycles. The molecule has 0 aliphatic heterocycles. The second-order valence-corrected chi connectivity index (χ2v) is 5.29. The van der Waals surface area contributed by atoms with Crippen LogP contribution >= 0.6 is 0 Å². The van der Waals surface area contributed by atoms with Crippen LogP contribution in [0.1, 0.15) is 0 Å². The maximum absolute atomic E-state index is 13.6. The quantitative estimate of drug-likeness (QED) is 0.540. The van der Waals surface area contributed by atoms with Crippen LogP contribution in [0.4, 0.5) is 8.78 Å². The third-order valence-electron chi connectivity index (χ3n) is 3.64. The molecular formula is C19H11F2N3. The summed E-state index contributed by atoms with van der Waals surface area (Å²) in [5.74, 6) is -0.744. The van der Waals surface area contributed by atoms with E-state index in [-0.39, 0.29) is 11.6 Å². The van der Waals surface area contributed by atoms with Crippen LogP contribution in [0.3, 0.4) is 0 Å². The van der Waals surface area contributed by atoms with Crippen molar-refractivity contribution in [2.45, 2.75) is 0 Å². The van der Waals surface area contributed by atoms with E-state index in [2.05, 4.69) is 15.0 Å². The molecule has 0 atom stereocenters. The van der Waals surface area contributed by atoms with E-state index in [1.54, 1.807) is 42.6 Å². The second kappa shape index (κ2) is 5.77. The number of fused-ring (bicyclic) bond motifs is 1. The van der Waals surface area contributed by atoms with Crippen molar-refractivity contribution in [2.75, 3.05) is 0 Å². The number of pyridine rings is 1. The Bertz CT molecular complexity index is 963. The molecule has 4 aromatic rings. The van der Waals surface area contributed by atoms with E-state index in [0.717, 1.165) is 0 Å². The smallest absolute Gasteiger partial charge is 0.178 e. The highest BCUT2D eigenvalue weighted by Crippen LogP contribution is 2.31. The third-order valence-corrected chi connectivity index (χ3v) is 3.64. The van der Waals surface area contributed by atoms with Gasteiger partial charge in [-0.3, -0.25) is 0 Å². The Labute approximate surface area is 136 Å². The number of rotatable bonds is 2. The van der Waals surface area contributed by atoms with Crippen molar-refractivity contribution in [3.8, 4) is 22.5 Å². The lowest BCUT2D eigenvalue weighted by atomic mass is 10.0. The normalized spacial score (nSPS) is 10.9. The van der Waals surface area contributed by atoms with Gasteiger partial charge in [0.05, 0.1) is 11.4 Å². The second-order valence-electron chi connectivity index (χ2n) is 5.29. The average molecular weight is 319 g/mol. The topological polar surface area (TPSA) is 38.7 Å². The highest BCUT2D eigenvalue weighted by Gasteiger charge is 2.14. The summed E-state index contributed by atoms with van der Waals surface area (Å²) in [4.78, 5) is 13.3. The zero-order valence-electron chi connectivity index (χ0n) is 12.4. The zero-order chi connectivity index (χ0) is 16.5. The number of nitrogens with zero attached hydrogens (tertiary/aromatic N) is 3. The van der Waals surface area contributed by atoms with Gasteiger partial charge in [-0.1, -0.05) is 24.3 Å². The van der Waals surface area contributed by atoms with Crippen LogP contribution in [0.5, 0.6) is 0 Å². The van der Waals surface area contributed by atoms with Crippen LogP contribution in [-0.2, 0) is 0 Å². The lowest BCUT2D eigenvalue weighted by molar-refractivity contribution is 0.627. The largest absolute Gasteiger partial charge is 0.242 e. The fraction of sp³-hybridized carbons (Fsp3) is 0. The van der Waals surface area contributed by atoms with Crippen molar-refractivity contribution in [3.63, 3.8) is 0 Å². The summed E-state index contributed by atoms with van der Waals surface area (Å²) in [6.07, 6.45) is 1.62. The Kier molecular flexibility index (Phi) is 3.46. The number of hydrogen-bond donors (Lipinski definition) is 0. The van der Waals surface area contributed by atoms with E-state index in [4.69, 9.17) is 0 Å². The van der Waals surface area contributed by atoms with E-state index < -0.39 is 0 Å². The standard InChI is InChI=1S/C19H11F2N3/c20-14-6-1-4-12(10-14)17-18(13-5-2-7-15(21)11-13)24-19-16(23-17)8-3-9-22-19/h1-11H. The molecule has 3 nitrogen and oxygen atoms in total. The Hall–Kier alpha value is -3.21. The first-order chi connectivity index (χ1) is 11.7. The molecule has 0 amide bonds. The van der Waals surface area contributed by atoms with Crippen molar-refractivity contribution >= 4 is 11.2 Å². The molecule has 0 fully saturated rings. The molecule has 0 radical (unpaired) electrons. The van der Waals surface area contributed by atoms with Gasteiger partial charge in [-0.2, -0.15) is 0 Å². The Morgan fingerprint density at radius 2 is 1.29 bits per heavy atom. The molecule has 0 saturated carbocycles. The summed E-state index contributed by atoms with van der Waals surface area (Å²) in [5.41, 5.74) is 3.14. The van der Waals surface area contributed by atoms with E-state index >= 15 is 0 Å². The van der Waals surface area contributed by atoms with Crippen molar-refractivity contribution in [1.82, 2.24) is 15.0 Å². The first-order valence-electron chi connectivity index (χ1n) is 7.35. The summed E-state index contributed by atoms with van der Waals surface area (Å²) < 4.78 is 27.3. The molecular weight excluding hydrogens is 308 g/mol. The molecule has 24 heavy (non-hydrogen) atoms. The summed E-state index contributed by atoms with van der Waals surface area (Å²) >= 11 is 0. The van der Waals surface area contributed by atoms with E-state index in [1.807, 2.05) is 0 Å². The molecule has 0 N–H and O–H groups in total. The molecule has 4 rings (SSSR count). The third kappa shape index (κ3) is 2.60. The molecule has 2 aromatic heterocycles. The van der Waals surface area contributed by atoms with Crippen LogP contribution in [-0.4, -0.2) is 15.0 Å². The molecule has 0 aliphatic rings. The Balaban J connectivity index is 2.04. The fourth-order valence-corrected chi connectivity index (χ4v) is 2.57. The van der Waals surface area contributed by atoms with Gasteiger partial charge in [0.25, 0.3) is 0 Å². The van der Waals surface area contributed by atoms with E-state index in [0.29, 0.717) is 33.7 Å². The molecule has 2 aromatic carbocycles. The lowest BCUT2D eigenvalue weighted by Gasteiger charge is -2.10. The van der Waals surface area contributed by atoms with Gasteiger partial charge in [-0.15, -0.1) is 0 Å². The van der Waals surface area contributed by atoms with Gasteiger partial charge < -0.3 is 0 Å². The maximum atomic E-state index is 13.6. The molecule has 0 bridgehead atoms. The minimum Gasteiger partial charge on any atom is -0.242 e. The van der Waals surface area contributed by atoms with Gasteiger partial charge in [0.15, 0.2) is 5.65 Å². The lowest BCUT2D eigenvalue weighted by Crippen LogP contribution is -1.97. The monoisotopic (exact) mass is 319 g/mol. The molecule has 0 unspecified atom stereocenters. The minimum atomic E-state index is -0.374. The fourth-order valence-electron chi connectivity index (χ4n) is 2.57. The van der Waals surface area contributed by atoms with Gasteiger partial charge in [-0.05, 0) is 36.4 Å². The highest BCUT2D eigenvalue weighted by molar-refractivity contribution is 5.84. The highest BCUT2D eigenvalue weighted by atomic mass is 19.1. The van der Waals surface area contributed by atoms with Crippen LogP contribution in [0, 0.1) is 11.6 Å². The first-order valence-corrected chi connectivity index (χ1v) is 7.35. The van der Waals surface area contributed by atoms with Crippen molar-refractivity contribution in [3.05, 3.63) is 78.5 Å². The van der Waals surface area contributed by atoms with Crippen LogP contribution < -0.4 is 0 Å². The molecule has 5 heteroatoms. The van der Waals surface area contributed by atoms with Crippen LogP contribution in [0.15, 0.2) is 66.9 Å². The summed E-state index contributed by atoms with van der Waals surface area (Å²) in [6, 6.07) is 15.7. The molecule has 0 spiro atoms. The number of halogens is 2. The van der Waals surface area contributed by atoms with Gasteiger partial charge in [0, 0.05) is 17.3 Å². The van der Waals surface area contributed by atoms with Gasteiger partial charge >= 0.3 is 0 Å². The van der Waals surface area contributed by atoms with Crippen LogP contribution in [0.25, 0.3) is 33.7 Å². The zero-order valence-corrected chi connectivity index (χ0v) is 12.4. The van der Waals surface area contributed by atoms with Crippen LogP contribution in [0.2, 0.25) is 0 Å². The SMILES string of the molecule is Fc1cccc(-c2nc3cccnc3nc2-c2cccc(F)c2)c1. The number of hydrogen-bond acceptors (Lipinski definition) is 3. The molecule has 116 valence electrons. The molecule has 2 heterocycles. The van der Waals surface area contributed by atoms with Crippen molar-refractivity contribution < 1.29 is 8.78 Å². The maximum Gasteiger partial charge on any atom is 0.178 e. The van der Waals surface area contributed by atoms with Gasteiger partial charge in [0.1, 0.15) is 17.2 Å². The van der Waals surface area contributed by atoms with Gasteiger partial charge in [0.2, 0.25) is 0 Å². The predicted molar refractivity (Wildman–Crippen MR) is 88.1 cm³/mol. The number of benzene rings is 2. The summed E-state index contributed by atoms with van der Waals surface area (Å²) in [5, 5.41) is 0. The Morgan fingerprint density at radius 3 is 1.92 bits per heavy atom. The first kappa shape index (κ1) is 14.4. The average Bonchev–Trinajstić information content (AvgIpc) is 2.60. The molecule has 0 aliphatic carbocycles. The summed E-state index contributed by atoms with van der Waals surface area (Å²) in [7, 11) is 0. The Morgan fingerprint density at radius 1 is 0.667 bits per heavy atom. The van der Waals surface area contributed by atoms with Crippen molar-refractivity contribution in [2.24, 2.45) is 0 Å². The van der Waals surface area contributed by atoms with Crippen molar-refractivity contribution in [1.29, 1.82) is 0 Å². The predicted octanol–water partition coefficient (Wildman–Crippen LogP) is 4.64.